The van der Waals surface area contributed by atoms with Crippen LogP contribution in [0.25, 0.3) is 11.1 Å². The molecule has 2 fully saturated rings. The monoisotopic (exact) mass is 523 g/mol. The summed E-state index contributed by atoms with van der Waals surface area (Å²) in [5.41, 5.74) is -0.231. The Kier molecular flexibility index (Phi) is 6.20. The molecule has 3 heterocycles. The van der Waals surface area contributed by atoms with Crippen molar-refractivity contribution in [1.29, 1.82) is 0 Å². The highest BCUT2D eigenvalue weighted by Crippen LogP contribution is 2.32. The lowest BCUT2D eigenvalue weighted by Crippen LogP contribution is -2.26. The zero-order chi connectivity index (χ0) is 24.7. The quantitative estimate of drug-likeness (QED) is 0.489. The van der Waals surface area contributed by atoms with Crippen molar-refractivity contribution in [3.05, 3.63) is 63.7 Å². The first kappa shape index (κ1) is 23.6. The van der Waals surface area contributed by atoms with E-state index in [0.29, 0.717) is 38.0 Å². The molecule has 1 saturated heterocycles. The van der Waals surface area contributed by atoms with Crippen molar-refractivity contribution in [1.82, 2.24) is 19.9 Å². The maximum Gasteiger partial charge on any atom is 0.285 e. The number of hydrogen-bond donors (Lipinski definition) is 2. The molecule has 1 aliphatic carbocycles. The minimum absolute atomic E-state index is 0.0320. The number of aromatic nitrogens is 3. The normalized spacial score (nSPS) is 18.1. The van der Waals surface area contributed by atoms with Gasteiger partial charge in [0.15, 0.2) is 0 Å². The Hall–Kier alpha value is -3.09. The van der Waals surface area contributed by atoms with Gasteiger partial charge in [-0.15, -0.1) is 0 Å². The van der Waals surface area contributed by atoms with Gasteiger partial charge in [-0.05, 0) is 36.6 Å². The van der Waals surface area contributed by atoms with Gasteiger partial charge in [0, 0.05) is 31.3 Å². The van der Waals surface area contributed by atoms with E-state index in [4.69, 9.17) is 16.3 Å². The molecule has 0 bridgehead atoms. The standard InChI is InChI=1S/C22H20ClF2N5O4S/c23-21-18(10-27-28-22(21)31)30-6-4-14(11-30)34-19-7-12(3-5-26-19)20-16(24)8-15(9-17(20)25)35(32,33)29-13-1-2-13/h3,5,7-10,13-14,29H,1-2,4,6,11H2,(H,28,31)/t14-/m1/s1. The smallest absolute Gasteiger partial charge is 0.285 e. The van der Waals surface area contributed by atoms with E-state index in [0.717, 1.165) is 12.1 Å². The fraction of sp³-hybridized carbons (Fsp3) is 0.318. The van der Waals surface area contributed by atoms with Crippen LogP contribution < -0.4 is 19.9 Å². The number of anilines is 1. The van der Waals surface area contributed by atoms with E-state index < -0.39 is 32.1 Å². The summed E-state index contributed by atoms with van der Waals surface area (Å²) in [6.07, 6.45) is 4.50. The number of halogens is 3. The van der Waals surface area contributed by atoms with Gasteiger partial charge in [-0.3, -0.25) is 4.79 Å². The summed E-state index contributed by atoms with van der Waals surface area (Å²) in [5.74, 6) is -1.88. The minimum Gasteiger partial charge on any atom is -0.472 e. The first-order valence-corrected chi connectivity index (χ1v) is 12.7. The summed E-state index contributed by atoms with van der Waals surface area (Å²) >= 11 is 6.08. The van der Waals surface area contributed by atoms with Gasteiger partial charge in [-0.25, -0.2) is 32.0 Å². The number of ether oxygens (including phenoxy) is 1. The third kappa shape index (κ3) is 5.00. The Balaban J connectivity index is 1.34. The van der Waals surface area contributed by atoms with Crippen LogP contribution in [-0.2, 0) is 10.0 Å². The summed E-state index contributed by atoms with van der Waals surface area (Å²) in [5, 5.41) is 6.07. The number of rotatable bonds is 7. The number of pyridine rings is 1. The summed E-state index contributed by atoms with van der Waals surface area (Å²) < 4.78 is 62.8. The van der Waals surface area contributed by atoms with Gasteiger partial charge in [0.2, 0.25) is 15.9 Å². The van der Waals surface area contributed by atoms with Crippen LogP contribution in [0.4, 0.5) is 14.5 Å². The lowest BCUT2D eigenvalue weighted by molar-refractivity contribution is 0.216. The fourth-order valence-electron chi connectivity index (χ4n) is 3.91. The largest absolute Gasteiger partial charge is 0.472 e. The van der Waals surface area contributed by atoms with Crippen LogP contribution in [0.1, 0.15) is 19.3 Å². The highest BCUT2D eigenvalue weighted by Gasteiger charge is 2.30. The van der Waals surface area contributed by atoms with Crippen molar-refractivity contribution in [2.24, 2.45) is 0 Å². The van der Waals surface area contributed by atoms with Crippen LogP contribution in [0.15, 0.2) is 46.3 Å². The molecule has 0 unspecified atom stereocenters. The SMILES string of the molecule is O=c1[nH]ncc(N2CC[C@@H](Oc3cc(-c4c(F)cc(S(=O)(=O)NC5CC5)cc4F)ccn3)C2)c1Cl. The van der Waals surface area contributed by atoms with Crippen LogP contribution >= 0.6 is 11.6 Å². The maximum absolute atomic E-state index is 14.9. The Morgan fingerprint density at radius 2 is 1.91 bits per heavy atom. The molecule has 1 aromatic carbocycles. The molecule has 2 aliphatic rings. The Morgan fingerprint density at radius 1 is 1.17 bits per heavy atom. The molecule has 0 amide bonds. The van der Waals surface area contributed by atoms with Crippen LogP contribution in [0, 0.1) is 11.6 Å². The first-order valence-electron chi connectivity index (χ1n) is 10.8. The predicted octanol–water partition coefficient (Wildman–Crippen LogP) is 2.86. The minimum atomic E-state index is -4.01. The lowest BCUT2D eigenvalue weighted by Gasteiger charge is -2.19. The number of aromatic amines is 1. The van der Waals surface area contributed by atoms with E-state index in [1.807, 2.05) is 4.90 Å². The number of nitrogens with one attached hydrogen (secondary N) is 2. The molecular formula is C22H20ClF2N5O4S. The van der Waals surface area contributed by atoms with Crippen LogP contribution in [-0.4, -0.2) is 48.8 Å². The number of benzene rings is 1. The molecule has 2 N–H and O–H groups in total. The van der Waals surface area contributed by atoms with Crippen molar-refractivity contribution in [2.45, 2.75) is 36.3 Å². The second-order valence-corrected chi connectivity index (χ2v) is 10.5. The average Bonchev–Trinajstić information content (AvgIpc) is 3.49. The van der Waals surface area contributed by atoms with Crippen molar-refractivity contribution >= 4 is 27.3 Å². The Labute approximate surface area is 204 Å². The Bertz CT molecular complexity index is 1420. The third-order valence-electron chi connectivity index (χ3n) is 5.80. The summed E-state index contributed by atoms with van der Waals surface area (Å²) in [6.45, 7) is 0.962. The zero-order valence-electron chi connectivity index (χ0n) is 18.2. The number of H-pyrrole nitrogens is 1. The van der Waals surface area contributed by atoms with E-state index in [2.05, 4.69) is 19.9 Å². The molecule has 9 nitrogen and oxygen atoms in total. The number of nitrogens with zero attached hydrogens (tertiary/aromatic N) is 3. The van der Waals surface area contributed by atoms with Gasteiger partial charge in [0.25, 0.3) is 5.56 Å². The third-order valence-corrected chi connectivity index (χ3v) is 7.66. The number of hydrogen-bond acceptors (Lipinski definition) is 7. The van der Waals surface area contributed by atoms with Crippen molar-refractivity contribution in [3.63, 3.8) is 0 Å². The zero-order valence-corrected chi connectivity index (χ0v) is 19.7. The molecule has 35 heavy (non-hydrogen) atoms. The highest BCUT2D eigenvalue weighted by molar-refractivity contribution is 7.89. The number of sulfonamides is 1. The second kappa shape index (κ2) is 9.17. The van der Waals surface area contributed by atoms with E-state index in [9.17, 15) is 22.0 Å². The van der Waals surface area contributed by atoms with Crippen LogP contribution in [0.3, 0.4) is 0 Å². The lowest BCUT2D eigenvalue weighted by atomic mass is 10.1. The predicted molar refractivity (Wildman–Crippen MR) is 124 cm³/mol. The summed E-state index contributed by atoms with van der Waals surface area (Å²) in [6, 6.07) is 4.22. The van der Waals surface area contributed by atoms with E-state index in [1.165, 1.54) is 24.5 Å². The van der Waals surface area contributed by atoms with Gasteiger partial charge < -0.3 is 9.64 Å². The summed E-state index contributed by atoms with van der Waals surface area (Å²) in [4.78, 5) is 17.2. The van der Waals surface area contributed by atoms with E-state index in [-0.39, 0.29) is 34.2 Å². The van der Waals surface area contributed by atoms with Crippen LogP contribution in [0.2, 0.25) is 5.02 Å². The van der Waals surface area contributed by atoms with Gasteiger partial charge in [-0.1, -0.05) is 11.6 Å². The first-order chi connectivity index (χ1) is 16.7. The Morgan fingerprint density at radius 3 is 2.63 bits per heavy atom. The second-order valence-electron chi connectivity index (χ2n) is 8.41. The fourth-order valence-corrected chi connectivity index (χ4v) is 5.45. The molecule has 184 valence electrons. The average molecular weight is 524 g/mol. The molecule has 3 aromatic rings. The van der Waals surface area contributed by atoms with E-state index >= 15 is 0 Å². The summed E-state index contributed by atoms with van der Waals surface area (Å²) in [7, 11) is -4.01. The van der Waals surface area contributed by atoms with Gasteiger partial charge in [0.1, 0.15) is 22.8 Å². The topological polar surface area (TPSA) is 117 Å². The molecule has 0 radical (unpaired) electrons. The van der Waals surface area contributed by atoms with Crippen molar-refractivity contribution in [3.8, 4) is 17.0 Å². The molecule has 1 atom stereocenters. The molecule has 5 rings (SSSR count). The molecule has 2 aromatic heterocycles. The highest BCUT2D eigenvalue weighted by atomic mass is 35.5. The molecule has 1 aliphatic heterocycles. The maximum atomic E-state index is 14.9. The molecule has 13 heteroatoms. The van der Waals surface area contributed by atoms with Gasteiger partial charge in [-0.2, -0.15) is 5.10 Å². The van der Waals surface area contributed by atoms with Gasteiger partial charge >= 0.3 is 0 Å². The molecule has 1 saturated carbocycles. The molecular weight excluding hydrogens is 504 g/mol. The van der Waals surface area contributed by atoms with Gasteiger partial charge in [0.05, 0.1) is 28.9 Å². The van der Waals surface area contributed by atoms with Crippen molar-refractivity contribution in [2.75, 3.05) is 18.0 Å². The van der Waals surface area contributed by atoms with Crippen LogP contribution in [0.5, 0.6) is 5.88 Å². The molecule has 0 spiro atoms. The van der Waals surface area contributed by atoms with Crippen molar-refractivity contribution < 1.29 is 21.9 Å². The van der Waals surface area contributed by atoms with E-state index in [1.54, 1.807) is 0 Å².